The van der Waals surface area contributed by atoms with Crippen molar-refractivity contribution in [2.45, 2.75) is 39.5 Å². The summed E-state index contributed by atoms with van der Waals surface area (Å²) >= 11 is 0. The van der Waals surface area contributed by atoms with Crippen LogP contribution in [0.2, 0.25) is 0 Å². The predicted octanol–water partition coefficient (Wildman–Crippen LogP) is 2.18. The lowest BCUT2D eigenvalue weighted by Crippen LogP contribution is -2.45. The molecule has 0 bridgehead atoms. The Kier molecular flexibility index (Phi) is 3.98. The van der Waals surface area contributed by atoms with Gasteiger partial charge in [-0.15, -0.1) is 0 Å². The van der Waals surface area contributed by atoms with Gasteiger partial charge >= 0.3 is 0 Å². The second kappa shape index (κ2) is 5.51. The summed E-state index contributed by atoms with van der Waals surface area (Å²) in [6.45, 7) is 6.19. The van der Waals surface area contributed by atoms with E-state index in [-0.39, 0.29) is 23.7 Å². The molecule has 1 aliphatic rings. The molecule has 4 nitrogen and oxygen atoms in total. The molecule has 1 aromatic rings. The molecule has 1 saturated heterocycles. The van der Waals surface area contributed by atoms with Crippen LogP contribution in [0.4, 0.5) is 0 Å². The average molecular weight is 260 g/mol. The molecule has 102 valence electrons. The van der Waals surface area contributed by atoms with Crippen molar-refractivity contribution in [1.82, 2.24) is 10.3 Å². The van der Waals surface area contributed by atoms with Gasteiger partial charge in [0.25, 0.3) is 0 Å². The lowest BCUT2D eigenvalue weighted by atomic mass is 9.76. The van der Waals surface area contributed by atoms with Crippen LogP contribution in [0.5, 0.6) is 0 Å². The van der Waals surface area contributed by atoms with Crippen LogP contribution in [0.3, 0.4) is 0 Å². The Bertz CT molecular complexity index is 497. The number of nitrogens with one attached hydrogen (secondary N) is 1. The van der Waals surface area contributed by atoms with E-state index in [4.69, 9.17) is 0 Å². The van der Waals surface area contributed by atoms with Gasteiger partial charge in [0.2, 0.25) is 11.8 Å². The van der Waals surface area contributed by atoms with Gasteiger partial charge in [-0.2, -0.15) is 0 Å². The van der Waals surface area contributed by atoms with Crippen molar-refractivity contribution in [1.29, 1.82) is 0 Å². The van der Waals surface area contributed by atoms with Crippen LogP contribution in [0.1, 0.15) is 43.7 Å². The molecule has 1 aliphatic heterocycles. The standard InChI is InChI=1S/C15H20N2O2/c1-9(2)6-12-11(7-14(18)17-15(12)19)13-8-16-5-4-10(13)3/h4-5,8-9,11-12H,6-7H2,1-3H3,(H,17,18,19). The van der Waals surface area contributed by atoms with E-state index < -0.39 is 0 Å². The normalized spacial score (nSPS) is 23.6. The van der Waals surface area contributed by atoms with E-state index in [0.29, 0.717) is 12.3 Å². The Morgan fingerprint density at radius 1 is 1.42 bits per heavy atom. The molecule has 0 saturated carbocycles. The van der Waals surface area contributed by atoms with Crippen LogP contribution in [-0.2, 0) is 9.59 Å². The van der Waals surface area contributed by atoms with Crippen LogP contribution in [0.25, 0.3) is 0 Å². The highest BCUT2D eigenvalue weighted by Crippen LogP contribution is 2.36. The quantitative estimate of drug-likeness (QED) is 0.847. The maximum Gasteiger partial charge on any atom is 0.230 e. The highest BCUT2D eigenvalue weighted by Gasteiger charge is 2.37. The fourth-order valence-corrected chi connectivity index (χ4v) is 2.78. The highest BCUT2D eigenvalue weighted by atomic mass is 16.2. The first-order valence-corrected chi connectivity index (χ1v) is 6.73. The van der Waals surface area contributed by atoms with Gasteiger partial charge in [0, 0.05) is 30.7 Å². The fourth-order valence-electron chi connectivity index (χ4n) is 2.78. The highest BCUT2D eigenvalue weighted by molar-refractivity contribution is 5.99. The van der Waals surface area contributed by atoms with Crippen molar-refractivity contribution in [3.63, 3.8) is 0 Å². The van der Waals surface area contributed by atoms with Gasteiger partial charge in [0.15, 0.2) is 0 Å². The maximum absolute atomic E-state index is 12.1. The molecular weight excluding hydrogens is 240 g/mol. The minimum absolute atomic E-state index is 0.0441. The molecular formula is C15H20N2O2. The third-order valence-corrected chi connectivity index (χ3v) is 3.69. The average Bonchev–Trinajstić information content (AvgIpc) is 2.33. The van der Waals surface area contributed by atoms with Crippen molar-refractivity contribution >= 4 is 11.8 Å². The van der Waals surface area contributed by atoms with Gasteiger partial charge in [0.05, 0.1) is 0 Å². The summed E-state index contributed by atoms with van der Waals surface area (Å²) in [6.07, 6.45) is 4.69. The Morgan fingerprint density at radius 2 is 2.16 bits per heavy atom. The van der Waals surface area contributed by atoms with E-state index in [0.717, 1.165) is 17.5 Å². The van der Waals surface area contributed by atoms with Crippen molar-refractivity contribution < 1.29 is 9.59 Å². The number of carbonyl (C=O) groups excluding carboxylic acids is 2. The van der Waals surface area contributed by atoms with Crippen molar-refractivity contribution in [2.24, 2.45) is 11.8 Å². The zero-order valence-electron chi connectivity index (χ0n) is 11.6. The second-order valence-corrected chi connectivity index (χ2v) is 5.69. The smallest absolute Gasteiger partial charge is 0.230 e. The predicted molar refractivity (Wildman–Crippen MR) is 72.4 cm³/mol. The number of hydrogen-bond acceptors (Lipinski definition) is 3. The zero-order chi connectivity index (χ0) is 14.0. The molecule has 2 unspecified atom stereocenters. The molecule has 0 aromatic carbocycles. The van der Waals surface area contributed by atoms with E-state index in [1.54, 1.807) is 12.4 Å². The summed E-state index contributed by atoms with van der Waals surface area (Å²) in [5.74, 6) is -0.0853. The number of imide groups is 1. The van der Waals surface area contributed by atoms with Gasteiger partial charge < -0.3 is 0 Å². The summed E-state index contributed by atoms with van der Waals surface area (Å²) in [5.41, 5.74) is 2.12. The number of aromatic nitrogens is 1. The van der Waals surface area contributed by atoms with Gasteiger partial charge in [-0.3, -0.25) is 19.9 Å². The van der Waals surface area contributed by atoms with E-state index in [1.165, 1.54) is 0 Å². The Balaban J connectivity index is 2.35. The molecule has 0 aliphatic carbocycles. The summed E-state index contributed by atoms with van der Waals surface area (Å²) in [7, 11) is 0. The van der Waals surface area contributed by atoms with Crippen LogP contribution < -0.4 is 5.32 Å². The molecule has 1 N–H and O–H groups in total. The third-order valence-electron chi connectivity index (χ3n) is 3.69. The van der Waals surface area contributed by atoms with Crippen LogP contribution in [0, 0.1) is 18.8 Å². The first-order valence-electron chi connectivity index (χ1n) is 6.73. The molecule has 1 fully saturated rings. The van der Waals surface area contributed by atoms with E-state index in [1.807, 2.05) is 13.0 Å². The number of amides is 2. The molecule has 2 rings (SSSR count). The second-order valence-electron chi connectivity index (χ2n) is 5.69. The minimum Gasteiger partial charge on any atom is -0.296 e. The summed E-state index contributed by atoms with van der Waals surface area (Å²) in [5, 5.41) is 2.46. The fraction of sp³-hybridized carbons (Fsp3) is 0.533. The summed E-state index contributed by atoms with van der Waals surface area (Å²) < 4.78 is 0. The van der Waals surface area contributed by atoms with Crippen molar-refractivity contribution in [2.75, 3.05) is 0 Å². The molecule has 1 aromatic heterocycles. The minimum atomic E-state index is -0.182. The van der Waals surface area contributed by atoms with E-state index in [9.17, 15) is 9.59 Å². The molecule has 19 heavy (non-hydrogen) atoms. The van der Waals surface area contributed by atoms with Crippen LogP contribution in [0.15, 0.2) is 18.5 Å². The number of hydrogen-bond donors (Lipinski definition) is 1. The van der Waals surface area contributed by atoms with Gasteiger partial charge in [-0.1, -0.05) is 13.8 Å². The number of rotatable bonds is 3. The molecule has 0 spiro atoms. The van der Waals surface area contributed by atoms with Crippen LogP contribution in [-0.4, -0.2) is 16.8 Å². The molecule has 0 radical (unpaired) electrons. The number of aryl methyl sites for hydroxylation is 1. The largest absolute Gasteiger partial charge is 0.296 e. The first kappa shape index (κ1) is 13.7. The van der Waals surface area contributed by atoms with E-state index in [2.05, 4.69) is 24.1 Å². The first-order chi connectivity index (χ1) is 8.99. The SMILES string of the molecule is Cc1ccncc1C1CC(=O)NC(=O)C1CC(C)C. The lowest BCUT2D eigenvalue weighted by Gasteiger charge is -2.32. The molecule has 2 heterocycles. The Labute approximate surface area is 113 Å². The van der Waals surface area contributed by atoms with Crippen LogP contribution >= 0.6 is 0 Å². The number of pyridine rings is 1. The van der Waals surface area contributed by atoms with Crippen molar-refractivity contribution in [3.8, 4) is 0 Å². The van der Waals surface area contributed by atoms with Gasteiger partial charge in [-0.05, 0) is 36.5 Å². The maximum atomic E-state index is 12.1. The van der Waals surface area contributed by atoms with Crippen molar-refractivity contribution in [3.05, 3.63) is 29.6 Å². The monoisotopic (exact) mass is 260 g/mol. The number of nitrogens with zero attached hydrogens (tertiary/aromatic N) is 1. The zero-order valence-corrected chi connectivity index (χ0v) is 11.6. The third kappa shape index (κ3) is 3.00. The molecule has 2 amide bonds. The lowest BCUT2D eigenvalue weighted by molar-refractivity contribution is -0.137. The summed E-state index contributed by atoms with van der Waals surface area (Å²) in [6, 6.07) is 1.93. The van der Waals surface area contributed by atoms with Gasteiger partial charge in [-0.25, -0.2) is 0 Å². The Hall–Kier alpha value is -1.71. The number of carbonyl (C=O) groups is 2. The summed E-state index contributed by atoms with van der Waals surface area (Å²) in [4.78, 5) is 27.9. The topological polar surface area (TPSA) is 59.1 Å². The molecule has 4 heteroatoms. The Morgan fingerprint density at radius 3 is 2.79 bits per heavy atom. The van der Waals surface area contributed by atoms with E-state index >= 15 is 0 Å². The molecule has 2 atom stereocenters. The van der Waals surface area contributed by atoms with Gasteiger partial charge in [0.1, 0.15) is 0 Å². The number of piperidine rings is 1.